The summed E-state index contributed by atoms with van der Waals surface area (Å²) in [5, 5.41) is 9.64. The number of hydrogen-bond donors (Lipinski definition) is 1. The lowest BCUT2D eigenvalue weighted by Gasteiger charge is -2.07. The topological polar surface area (TPSA) is 20.2 Å². The van der Waals surface area contributed by atoms with Gasteiger partial charge in [0, 0.05) is 5.56 Å². The highest BCUT2D eigenvalue weighted by Crippen LogP contribution is 2.28. The van der Waals surface area contributed by atoms with Crippen molar-refractivity contribution in [2.24, 2.45) is 0 Å². The van der Waals surface area contributed by atoms with Crippen LogP contribution in [0.25, 0.3) is 5.57 Å². The van der Waals surface area contributed by atoms with E-state index in [1.165, 1.54) is 0 Å². The number of benzene rings is 1. The number of phenols is 1. The van der Waals surface area contributed by atoms with Crippen LogP contribution in [0.2, 0.25) is 0 Å². The van der Waals surface area contributed by atoms with Gasteiger partial charge in [0.2, 0.25) is 0 Å². The van der Waals surface area contributed by atoms with Crippen molar-refractivity contribution in [2.45, 2.75) is 20.3 Å². The van der Waals surface area contributed by atoms with Gasteiger partial charge in [0.05, 0.1) is 0 Å². The highest BCUT2D eigenvalue weighted by molar-refractivity contribution is 5.69. The molecule has 12 heavy (non-hydrogen) atoms. The molecule has 1 aromatic carbocycles. The molecule has 0 atom stereocenters. The van der Waals surface area contributed by atoms with E-state index in [1.54, 1.807) is 0 Å². The maximum absolute atomic E-state index is 9.64. The van der Waals surface area contributed by atoms with E-state index in [9.17, 15) is 5.11 Å². The molecule has 0 saturated carbocycles. The summed E-state index contributed by atoms with van der Waals surface area (Å²) in [6, 6.07) is 5.72. The third kappa shape index (κ3) is 1.50. The standard InChI is InChI=1S/C11H14O/c1-4-8(2)10-7-5-6-9(3)11(10)12/h5-7,12H,2,4H2,1,3H3. The summed E-state index contributed by atoms with van der Waals surface area (Å²) in [7, 11) is 0. The van der Waals surface area contributed by atoms with Gasteiger partial charge in [-0.1, -0.05) is 31.7 Å². The van der Waals surface area contributed by atoms with Crippen molar-refractivity contribution in [1.82, 2.24) is 0 Å². The fourth-order valence-electron chi connectivity index (χ4n) is 1.13. The molecule has 0 saturated heterocycles. The summed E-state index contributed by atoms with van der Waals surface area (Å²) in [6.07, 6.45) is 0.872. The van der Waals surface area contributed by atoms with Crippen LogP contribution in [0.15, 0.2) is 24.8 Å². The lowest BCUT2D eigenvalue weighted by atomic mass is 10.0. The van der Waals surface area contributed by atoms with Gasteiger partial charge in [-0.2, -0.15) is 0 Å². The molecule has 1 heteroatoms. The smallest absolute Gasteiger partial charge is 0.125 e. The van der Waals surface area contributed by atoms with Crippen LogP contribution < -0.4 is 0 Å². The van der Waals surface area contributed by atoms with Crippen molar-refractivity contribution >= 4 is 5.57 Å². The van der Waals surface area contributed by atoms with Crippen LogP contribution >= 0.6 is 0 Å². The minimum Gasteiger partial charge on any atom is -0.507 e. The van der Waals surface area contributed by atoms with Crippen molar-refractivity contribution < 1.29 is 5.11 Å². The predicted molar refractivity (Wildman–Crippen MR) is 52.2 cm³/mol. The molecule has 1 rings (SSSR count). The van der Waals surface area contributed by atoms with Crippen LogP contribution in [0.4, 0.5) is 0 Å². The van der Waals surface area contributed by atoms with Gasteiger partial charge in [0.1, 0.15) is 5.75 Å². The van der Waals surface area contributed by atoms with E-state index in [-0.39, 0.29) is 0 Å². The largest absolute Gasteiger partial charge is 0.507 e. The van der Waals surface area contributed by atoms with Gasteiger partial charge in [-0.05, 0) is 24.5 Å². The number of allylic oxidation sites excluding steroid dienone is 1. The Morgan fingerprint density at radius 1 is 1.50 bits per heavy atom. The number of para-hydroxylation sites is 1. The molecule has 0 aromatic heterocycles. The molecule has 0 bridgehead atoms. The van der Waals surface area contributed by atoms with Crippen LogP contribution in [-0.2, 0) is 0 Å². The fourth-order valence-corrected chi connectivity index (χ4v) is 1.13. The molecule has 64 valence electrons. The minimum atomic E-state index is 0.365. The summed E-state index contributed by atoms with van der Waals surface area (Å²) < 4.78 is 0. The monoisotopic (exact) mass is 162 g/mol. The van der Waals surface area contributed by atoms with E-state index in [0.29, 0.717) is 5.75 Å². The first-order valence-corrected chi connectivity index (χ1v) is 4.13. The van der Waals surface area contributed by atoms with Crippen molar-refractivity contribution in [1.29, 1.82) is 0 Å². The van der Waals surface area contributed by atoms with E-state index in [1.807, 2.05) is 32.0 Å². The zero-order chi connectivity index (χ0) is 9.14. The predicted octanol–water partition coefficient (Wildman–Crippen LogP) is 3.12. The van der Waals surface area contributed by atoms with Gasteiger partial charge < -0.3 is 5.11 Å². The van der Waals surface area contributed by atoms with E-state index < -0.39 is 0 Å². The number of aromatic hydroxyl groups is 1. The van der Waals surface area contributed by atoms with Crippen LogP contribution in [0.1, 0.15) is 24.5 Å². The average Bonchev–Trinajstić information content (AvgIpc) is 2.08. The van der Waals surface area contributed by atoms with E-state index >= 15 is 0 Å². The Bertz CT molecular complexity index is 300. The first kappa shape index (κ1) is 8.85. The molecule has 0 aliphatic heterocycles. The van der Waals surface area contributed by atoms with Gasteiger partial charge in [0.25, 0.3) is 0 Å². The number of hydrogen-bond acceptors (Lipinski definition) is 1. The normalized spacial score (nSPS) is 9.83. The van der Waals surface area contributed by atoms with Gasteiger partial charge in [-0.15, -0.1) is 0 Å². The van der Waals surface area contributed by atoms with Crippen LogP contribution in [0.5, 0.6) is 5.75 Å². The Morgan fingerprint density at radius 2 is 2.17 bits per heavy atom. The maximum Gasteiger partial charge on any atom is 0.125 e. The van der Waals surface area contributed by atoms with Gasteiger partial charge in [-0.3, -0.25) is 0 Å². The number of aryl methyl sites for hydroxylation is 1. The molecule has 0 spiro atoms. The summed E-state index contributed by atoms with van der Waals surface area (Å²) in [5.41, 5.74) is 2.76. The third-order valence-electron chi connectivity index (χ3n) is 2.05. The molecule has 0 radical (unpaired) electrons. The SMILES string of the molecule is C=C(CC)c1cccc(C)c1O. The summed E-state index contributed by atoms with van der Waals surface area (Å²) in [6.45, 7) is 7.81. The van der Waals surface area contributed by atoms with Crippen LogP contribution in [0, 0.1) is 6.92 Å². The van der Waals surface area contributed by atoms with Gasteiger partial charge in [-0.25, -0.2) is 0 Å². The van der Waals surface area contributed by atoms with Crippen LogP contribution in [0.3, 0.4) is 0 Å². The first-order valence-electron chi connectivity index (χ1n) is 4.13. The molecule has 0 aliphatic carbocycles. The molecule has 1 aromatic rings. The Kier molecular flexibility index (Phi) is 2.54. The summed E-state index contributed by atoms with van der Waals surface area (Å²) >= 11 is 0. The first-order chi connectivity index (χ1) is 5.66. The van der Waals surface area contributed by atoms with E-state index in [2.05, 4.69) is 6.58 Å². The molecule has 1 nitrogen and oxygen atoms in total. The highest BCUT2D eigenvalue weighted by atomic mass is 16.3. The lowest BCUT2D eigenvalue weighted by molar-refractivity contribution is 0.469. The average molecular weight is 162 g/mol. The Morgan fingerprint density at radius 3 is 2.75 bits per heavy atom. The Labute approximate surface area is 73.4 Å². The van der Waals surface area contributed by atoms with Crippen LogP contribution in [-0.4, -0.2) is 5.11 Å². The van der Waals surface area contributed by atoms with Crippen molar-refractivity contribution in [3.8, 4) is 5.75 Å². The Balaban J connectivity index is 3.16. The molecule has 0 fully saturated rings. The second-order valence-corrected chi connectivity index (χ2v) is 2.93. The third-order valence-corrected chi connectivity index (χ3v) is 2.05. The molecule has 0 unspecified atom stereocenters. The van der Waals surface area contributed by atoms with E-state index in [4.69, 9.17) is 0 Å². The molecule has 0 heterocycles. The van der Waals surface area contributed by atoms with Gasteiger partial charge in [0.15, 0.2) is 0 Å². The summed E-state index contributed by atoms with van der Waals surface area (Å²) in [4.78, 5) is 0. The van der Waals surface area contributed by atoms with Crippen molar-refractivity contribution in [3.05, 3.63) is 35.9 Å². The summed E-state index contributed by atoms with van der Waals surface area (Å²) in [5.74, 6) is 0.365. The van der Waals surface area contributed by atoms with Crippen molar-refractivity contribution in [2.75, 3.05) is 0 Å². The molecule has 0 amide bonds. The number of rotatable bonds is 2. The molecule has 1 N–H and O–H groups in total. The van der Waals surface area contributed by atoms with Crippen molar-refractivity contribution in [3.63, 3.8) is 0 Å². The fraction of sp³-hybridized carbons (Fsp3) is 0.273. The highest BCUT2D eigenvalue weighted by Gasteiger charge is 2.04. The zero-order valence-corrected chi connectivity index (χ0v) is 7.59. The lowest BCUT2D eigenvalue weighted by Crippen LogP contribution is -1.84. The number of phenolic OH excluding ortho intramolecular Hbond substituents is 1. The second kappa shape index (κ2) is 3.44. The molecule has 0 aliphatic rings. The Hall–Kier alpha value is -1.24. The molecular formula is C11H14O. The zero-order valence-electron chi connectivity index (χ0n) is 7.59. The van der Waals surface area contributed by atoms with E-state index in [0.717, 1.165) is 23.1 Å². The molecular weight excluding hydrogens is 148 g/mol. The maximum atomic E-state index is 9.64. The second-order valence-electron chi connectivity index (χ2n) is 2.93. The van der Waals surface area contributed by atoms with Gasteiger partial charge >= 0.3 is 0 Å². The minimum absolute atomic E-state index is 0.365. The quantitative estimate of drug-likeness (QED) is 0.708.